The second kappa shape index (κ2) is 6.72. The van der Waals surface area contributed by atoms with Gasteiger partial charge in [-0.25, -0.2) is 0 Å². The fourth-order valence-corrected chi connectivity index (χ4v) is 3.11. The number of anilines is 1. The molecular formula is C19H18N4OS. The minimum absolute atomic E-state index is 0.334. The highest BCUT2D eigenvalue weighted by Gasteiger charge is 2.25. The van der Waals surface area contributed by atoms with Crippen LogP contribution in [0.15, 0.2) is 53.7 Å². The predicted molar refractivity (Wildman–Crippen MR) is 99.9 cm³/mol. The summed E-state index contributed by atoms with van der Waals surface area (Å²) in [6.07, 6.45) is 2.60. The van der Waals surface area contributed by atoms with Gasteiger partial charge in [0.1, 0.15) is 0 Å². The fourth-order valence-electron chi connectivity index (χ4n) is 2.81. The molecule has 25 heavy (non-hydrogen) atoms. The summed E-state index contributed by atoms with van der Waals surface area (Å²) in [5, 5.41) is 12.6. The smallest absolute Gasteiger partial charge is 0.247 e. The molecule has 2 heterocycles. The van der Waals surface area contributed by atoms with Crippen molar-refractivity contribution in [2.75, 3.05) is 11.6 Å². The van der Waals surface area contributed by atoms with E-state index in [9.17, 15) is 0 Å². The van der Waals surface area contributed by atoms with Crippen molar-refractivity contribution in [1.82, 2.24) is 15.2 Å². The lowest BCUT2D eigenvalue weighted by molar-refractivity contribution is 0.225. The van der Waals surface area contributed by atoms with E-state index in [0.29, 0.717) is 16.7 Å². The maximum absolute atomic E-state index is 6.20. The van der Waals surface area contributed by atoms with E-state index in [1.54, 1.807) is 0 Å². The zero-order chi connectivity index (χ0) is 17.2. The van der Waals surface area contributed by atoms with Gasteiger partial charge in [0, 0.05) is 16.8 Å². The van der Waals surface area contributed by atoms with Gasteiger partial charge in [0.2, 0.25) is 11.0 Å². The SMILES string of the molecule is CCc1ccc(C2Nc3ccccc3-c3nnc(SC)nc3O2)cc1. The quantitative estimate of drug-likeness (QED) is 0.710. The number of benzene rings is 2. The lowest BCUT2D eigenvalue weighted by Gasteiger charge is -2.19. The molecule has 0 amide bonds. The summed E-state index contributed by atoms with van der Waals surface area (Å²) in [6.45, 7) is 2.15. The Morgan fingerprint density at radius 1 is 1.08 bits per heavy atom. The molecule has 4 rings (SSSR count). The van der Waals surface area contributed by atoms with Crippen LogP contribution in [0.5, 0.6) is 5.88 Å². The molecule has 2 aromatic carbocycles. The van der Waals surface area contributed by atoms with Crippen LogP contribution >= 0.6 is 11.8 Å². The van der Waals surface area contributed by atoms with E-state index < -0.39 is 0 Å². The number of fused-ring (bicyclic) bond motifs is 3. The average Bonchev–Trinajstić information content (AvgIpc) is 2.84. The number of aromatic nitrogens is 3. The van der Waals surface area contributed by atoms with Gasteiger partial charge in [-0.1, -0.05) is 61.2 Å². The molecule has 1 aliphatic rings. The molecule has 0 saturated heterocycles. The molecular weight excluding hydrogens is 332 g/mol. The number of hydrogen-bond donors (Lipinski definition) is 1. The van der Waals surface area contributed by atoms with Gasteiger partial charge in [-0.3, -0.25) is 0 Å². The maximum Gasteiger partial charge on any atom is 0.247 e. The Bertz CT molecular complexity index is 898. The Kier molecular flexibility index (Phi) is 4.28. The lowest BCUT2D eigenvalue weighted by atomic mass is 10.1. The van der Waals surface area contributed by atoms with E-state index in [2.05, 4.69) is 51.7 Å². The van der Waals surface area contributed by atoms with Crippen molar-refractivity contribution in [2.45, 2.75) is 24.7 Å². The third-order valence-electron chi connectivity index (χ3n) is 4.21. The zero-order valence-electron chi connectivity index (χ0n) is 14.1. The van der Waals surface area contributed by atoms with E-state index >= 15 is 0 Å². The molecule has 1 N–H and O–H groups in total. The predicted octanol–water partition coefficient (Wildman–Crippen LogP) is 4.33. The van der Waals surface area contributed by atoms with Gasteiger partial charge in [-0.15, -0.1) is 10.2 Å². The van der Waals surface area contributed by atoms with E-state index in [-0.39, 0.29) is 6.23 Å². The van der Waals surface area contributed by atoms with Crippen molar-refractivity contribution in [2.24, 2.45) is 0 Å². The van der Waals surface area contributed by atoms with Crippen molar-refractivity contribution in [3.63, 3.8) is 0 Å². The Morgan fingerprint density at radius 2 is 1.88 bits per heavy atom. The summed E-state index contributed by atoms with van der Waals surface area (Å²) in [5.41, 5.74) is 4.90. The van der Waals surface area contributed by atoms with Gasteiger partial charge < -0.3 is 10.1 Å². The average molecular weight is 350 g/mol. The lowest BCUT2D eigenvalue weighted by Crippen LogP contribution is -2.17. The molecule has 0 spiro atoms. The van der Waals surface area contributed by atoms with E-state index in [0.717, 1.165) is 23.2 Å². The minimum Gasteiger partial charge on any atom is -0.448 e. The van der Waals surface area contributed by atoms with Crippen LogP contribution in [0.2, 0.25) is 0 Å². The van der Waals surface area contributed by atoms with Crippen molar-refractivity contribution >= 4 is 17.4 Å². The molecule has 1 aromatic heterocycles. The molecule has 0 saturated carbocycles. The van der Waals surface area contributed by atoms with Crippen LogP contribution < -0.4 is 10.1 Å². The van der Waals surface area contributed by atoms with Crippen LogP contribution in [-0.2, 0) is 6.42 Å². The first-order valence-corrected chi connectivity index (χ1v) is 9.41. The molecule has 1 unspecified atom stereocenters. The molecule has 5 nitrogen and oxygen atoms in total. The summed E-state index contributed by atoms with van der Waals surface area (Å²) in [7, 11) is 0. The highest BCUT2D eigenvalue weighted by atomic mass is 32.2. The van der Waals surface area contributed by atoms with Crippen LogP contribution in [0.4, 0.5) is 5.69 Å². The summed E-state index contributed by atoms with van der Waals surface area (Å²) in [5.74, 6) is 0.501. The highest BCUT2D eigenvalue weighted by molar-refractivity contribution is 7.98. The normalized spacial score (nSPS) is 15.4. The van der Waals surface area contributed by atoms with Gasteiger partial charge in [0.25, 0.3) is 0 Å². The minimum atomic E-state index is -0.334. The Hall–Kier alpha value is -2.60. The first-order valence-electron chi connectivity index (χ1n) is 8.18. The molecule has 0 bridgehead atoms. The topological polar surface area (TPSA) is 59.9 Å². The van der Waals surface area contributed by atoms with E-state index in [1.807, 2.05) is 30.5 Å². The van der Waals surface area contributed by atoms with Crippen LogP contribution in [-0.4, -0.2) is 21.4 Å². The van der Waals surface area contributed by atoms with Crippen molar-refractivity contribution < 1.29 is 4.74 Å². The summed E-state index contributed by atoms with van der Waals surface area (Å²) < 4.78 is 6.20. The Labute approximate surface area is 150 Å². The van der Waals surface area contributed by atoms with E-state index in [1.165, 1.54) is 17.3 Å². The maximum atomic E-state index is 6.20. The number of para-hydroxylation sites is 1. The first kappa shape index (κ1) is 15.9. The number of aryl methyl sites for hydroxylation is 1. The number of rotatable bonds is 3. The molecule has 126 valence electrons. The molecule has 1 atom stereocenters. The van der Waals surface area contributed by atoms with Crippen molar-refractivity contribution in [1.29, 1.82) is 0 Å². The number of nitrogens with one attached hydrogen (secondary N) is 1. The second-order valence-corrected chi connectivity index (χ2v) is 6.51. The van der Waals surface area contributed by atoms with Crippen LogP contribution in [0, 0.1) is 0 Å². The molecule has 0 aliphatic carbocycles. The van der Waals surface area contributed by atoms with Crippen LogP contribution in [0.1, 0.15) is 24.3 Å². The van der Waals surface area contributed by atoms with Crippen LogP contribution in [0.25, 0.3) is 11.3 Å². The molecule has 6 heteroatoms. The molecule has 0 radical (unpaired) electrons. The fraction of sp³-hybridized carbons (Fsp3) is 0.211. The van der Waals surface area contributed by atoms with Gasteiger partial charge in [0.15, 0.2) is 11.9 Å². The Morgan fingerprint density at radius 3 is 2.64 bits per heavy atom. The van der Waals surface area contributed by atoms with E-state index in [4.69, 9.17) is 4.74 Å². The number of hydrogen-bond acceptors (Lipinski definition) is 6. The first-order chi connectivity index (χ1) is 12.3. The largest absolute Gasteiger partial charge is 0.448 e. The van der Waals surface area contributed by atoms with Gasteiger partial charge >= 0.3 is 0 Å². The van der Waals surface area contributed by atoms with Gasteiger partial charge in [0.05, 0.1) is 0 Å². The number of thioether (sulfide) groups is 1. The van der Waals surface area contributed by atoms with Gasteiger partial charge in [-0.2, -0.15) is 4.98 Å². The zero-order valence-corrected chi connectivity index (χ0v) is 14.9. The Balaban J connectivity index is 1.81. The van der Waals surface area contributed by atoms with Gasteiger partial charge in [-0.05, 0) is 24.3 Å². The monoisotopic (exact) mass is 350 g/mol. The highest BCUT2D eigenvalue weighted by Crippen LogP contribution is 2.39. The molecule has 3 aromatic rings. The summed E-state index contributed by atoms with van der Waals surface area (Å²) in [6, 6.07) is 16.4. The third kappa shape index (κ3) is 3.05. The third-order valence-corrected chi connectivity index (χ3v) is 4.74. The molecule has 0 fully saturated rings. The second-order valence-electron chi connectivity index (χ2n) is 5.74. The van der Waals surface area contributed by atoms with Crippen molar-refractivity contribution in [3.05, 3.63) is 59.7 Å². The summed E-state index contributed by atoms with van der Waals surface area (Å²) in [4.78, 5) is 4.53. The van der Waals surface area contributed by atoms with Crippen LogP contribution in [0.3, 0.4) is 0 Å². The summed E-state index contributed by atoms with van der Waals surface area (Å²) >= 11 is 1.45. The number of ether oxygens (including phenoxy) is 1. The molecule has 1 aliphatic heterocycles. The number of nitrogens with zero attached hydrogens (tertiary/aromatic N) is 3. The standard InChI is InChI=1S/C19H18N4OS/c1-3-12-8-10-13(11-9-12)17-20-15-7-5-4-6-14(15)16-18(24-17)21-19(25-2)23-22-16/h4-11,17,20H,3H2,1-2H3. The van der Waals surface area contributed by atoms with Crippen molar-refractivity contribution in [3.8, 4) is 17.1 Å².